The van der Waals surface area contributed by atoms with Gasteiger partial charge in [-0.25, -0.2) is 0 Å². The van der Waals surface area contributed by atoms with Gasteiger partial charge in [0.05, 0.1) is 6.04 Å². The van der Waals surface area contributed by atoms with Crippen LogP contribution in [0.25, 0.3) is 0 Å². The molecule has 1 amide bonds. The number of likely N-dealkylation sites (tertiary alicyclic amines) is 1. The van der Waals surface area contributed by atoms with Crippen LogP contribution in [-0.2, 0) is 20.7 Å². The molecule has 1 atom stereocenters. The summed E-state index contributed by atoms with van der Waals surface area (Å²) in [7, 11) is 0. The minimum Gasteiger partial charge on any atom is -0.459 e. The van der Waals surface area contributed by atoms with Crippen molar-refractivity contribution in [1.29, 1.82) is 0 Å². The second kappa shape index (κ2) is 10.1. The number of rotatable bonds is 6. The standard InChI is InChI=1S/C31H35NO3/c1-23-16-18-24(19-17-23)22-31(29(34)35-30(2,3)4)20-11-21-32(28(31)33)27(25-12-7-5-8-13-25)26-14-9-6-10-15-26/h5-10,12-19,27H,11,20-22H2,1-4H3/t31-/m1/s1. The largest absolute Gasteiger partial charge is 0.459 e. The van der Waals surface area contributed by atoms with E-state index in [0.29, 0.717) is 19.4 Å². The Morgan fingerprint density at radius 1 is 0.914 bits per heavy atom. The van der Waals surface area contributed by atoms with Crippen LogP contribution >= 0.6 is 0 Å². The maximum atomic E-state index is 14.5. The number of ether oxygens (including phenoxy) is 1. The second-order valence-corrected chi connectivity index (χ2v) is 10.6. The first-order valence-corrected chi connectivity index (χ1v) is 12.4. The number of hydrogen-bond acceptors (Lipinski definition) is 3. The van der Waals surface area contributed by atoms with Crippen LogP contribution in [0.15, 0.2) is 84.9 Å². The minimum atomic E-state index is -1.26. The van der Waals surface area contributed by atoms with Crippen LogP contribution in [0.5, 0.6) is 0 Å². The fourth-order valence-corrected chi connectivity index (χ4v) is 4.96. The Bertz CT molecular complexity index is 1110. The van der Waals surface area contributed by atoms with Crippen molar-refractivity contribution < 1.29 is 14.3 Å². The highest BCUT2D eigenvalue weighted by molar-refractivity contribution is 6.04. The van der Waals surface area contributed by atoms with Gasteiger partial charge in [0.1, 0.15) is 5.60 Å². The molecular weight excluding hydrogens is 434 g/mol. The smallest absolute Gasteiger partial charge is 0.322 e. The molecule has 0 radical (unpaired) electrons. The van der Waals surface area contributed by atoms with E-state index >= 15 is 0 Å². The summed E-state index contributed by atoms with van der Waals surface area (Å²) in [5.41, 5.74) is 2.23. The molecule has 0 unspecified atom stereocenters. The van der Waals surface area contributed by atoms with Gasteiger partial charge in [0, 0.05) is 6.54 Å². The van der Waals surface area contributed by atoms with Crippen molar-refractivity contribution in [3.63, 3.8) is 0 Å². The Hall–Kier alpha value is -3.40. The first-order chi connectivity index (χ1) is 16.7. The molecule has 0 saturated carbocycles. The summed E-state index contributed by atoms with van der Waals surface area (Å²) in [4.78, 5) is 30.1. The van der Waals surface area contributed by atoms with Gasteiger partial charge in [0.25, 0.3) is 0 Å². The van der Waals surface area contributed by atoms with Crippen LogP contribution in [0, 0.1) is 12.3 Å². The molecule has 1 aliphatic rings. The first-order valence-electron chi connectivity index (χ1n) is 12.4. The average molecular weight is 470 g/mol. The average Bonchev–Trinajstić information content (AvgIpc) is 2.83. The molecule has 35 heavy (non-hydrogen) atoms. The van der Waals surface area contributed by atoms with E-state index in [1.54, 1.807) is 0 Å². The van der Waals surface area contributed by atoms with E-state index in [0.717, 1.165) is 28.7 Å². The number of aryl methyl sites for hydroxylation is 1. The Labute approximate surface area is 208 Å². The summed E-state index contributed by atoms with van der Waals surface area (Å²) in [6, 6.07) is 27.9. The number of esters is 1. The summed E-state index contributed by atoms with van der Waals surface area (Å²) in [6.45, 7) is 8.18. The van der Waals surface area contributed by atoms with Gasteiger partial charge in [-0.2, -0.15) is 0 Å². The summed E-state index contributed by atoms with van der Waals surface area (Å²) in [5, 5.41) is 0. The SMILES string of the molecule is Cc1ccc(C[C@]2(C(=O)OC(C)(C)C)CCCN(C(c3ccccc3)c3ccccc3)C2=O)cc1. The quantitative estimate of drug-likeness (QED) is 0.315. The van der Waals surface area contributed by atoms with Crippen LogP contribution in [0.4, 0.5) is 0 Å². The molecule has 4 rings (SSSR count). The van der Waals surface area contributed by atoms with Crippen molar-refractivity contribution in [2.75, 3.05) is 6.54 Å². The van der Waals surface area contributed by atoms with E-state index in [4.69, 9.17) is 4.74 Å². The number of nitrogens with zero attached hydrogens (tertiary/aromatic N) is 1. The van der Waals surface area contributed by atoms with E-state index in [1.807, 2.05) is 93.3 Å². The van der Waals surface area contributed by atoms with E-state index < -0.39 is 17.0 Å². The minimum absolute atomic E-state index is 0.156. The van der Waals surface area contributed by atoms with Gasteiger partial charge in [0.2, 0.25) is 5.91 Å². The zero-order valence-corrected chi connectivity index (χ0v) is 21.2. The van der Waals surface area contributed by atoms with Gasteiger partial charge in [-0.1, -0.05) is 90.5 Å². The molecule has 0 aromatic heterocycles. The maximum absolute atomic E-state index is 14.5. The lowest BCUT2D eigenvalue weighted by Gasteiger charge is -2.44. The molecule has 1 saturated heterocycles. The molecule has 1 aliphatic heterocycles. The van der Waals surface area contributed by atoms with Crippen molar-refractivity contribution in [3.8, 4) is 0 Å². The van der Waals surface area contributed by atoms with Crippen molar-refractivity contribution in [2.45, 2.75) is 58.6 Å². The summed E-state index contributed by atoms with van der Waals surface area (Å²) >= 11 is 0. The Morgan fingerprint density at radius 3 is 1.97 bits per heavy atom. The molecule has 4 heteroatoms. The fourth-order valence-electron chi connectivity index (χ4n) is 4.96. The fraction of sp³-hybridized carbons (Fsp3) is 0.355. The molecule has 3 aromatic rings. The number of carbonyl (C=O) groups is 2. The summed E-state index contributed by atoms with van der Waals surface area (Å²) in [5.74, 6) is -0.587. The van der Waals surface area contributed by atoms with Crippen LogP contribution in [-0.4, -0.2) is 28.9 Å². The van der Waals surface area contributed by atoms with Gasteiger partial charge in [-0.15, -0.1) is 0 Å². The van der Waals surface area contributed by atoms with E-state index in [-0.39, 0.29) is 11.9 Å². The van der Waals surface area contributed by atoms with Crippen LogP contribution in [0.2, 0.25) is 0 Å². The van der Waals surface area contributed by atoms with E-state index in [1.165, 1.54) is 0 Å². The highest BCUT2D eigenvalue weighted by Gasteiger charge is 2.53. The number of benzene rings is 3. The maximum Gasteiger partial charge on any atom is 0.322 e. The molecule has 1 fully saturated rings. The molecule has 4 nitrogen and oxygen atoms in total. The monoisotopic (exact) mass is 469 g/mol. The molecule has 0 bridgehead atoms. The number of amides is 1. The van der Waals surface area contributed by atoms with Crippen LogP contribution in [0.3, 0.4) is 0 Å². The zero-order chi connectivity index (χ0) is 25.1. The summed E-state index contributed by atoms with van der Waals surface area (Å²) in [6.07, 6.45) is 1.53. The Kier molecular flexibility index (Phi) is 7.11. The Balaban J connectivity index is 1.79. The highest BCUT2D eigenvalue weighted by Crippen LogP contribution is 2.42. The zero-order valence-electron chi connectivity index (χ0n) is 21.2. The van der Waals surface area contributed by atoms with Gasteiger partial charge >= 0.3 is 5.97 Å². The van der Waals surface area contributed by atoms with E-state index in [9.17, 15) is 9.59 Å². The molecule has 3 aromatic carbocycles. The van der Waals surface area contributed by atoms with Crippen molar-refractivity contribution in [2.24, 2.45) is 5.41 Å². The Morgan fingerprint density at radius 2 is 1.46 bits per heavy atom. The van der Waals surface area contributed by atoms with Crippen LogP contribution < -0.4 is 0 Å². The lowest BCUT2D eigenvalue weighted by atomic mass is 9.73. The lowest BCUT2D eigenvalue weighted by molar-refractivity contribution is -0.178. The number of piperidine rings is 1. The predicted molar refractivity (Wildman–Crippen MR) is 139 cm³/mol. The lowest BCUT2D eigenvalue weighted by Crippen LogP contribution is -2.56. The topological polar surface area (TPSA) is 46.6 Å². The first kappa shape index (κ1) is 24.7. The second-order valence-electron chi connectivity index (χ2n) is 10.6. The van der Waals surface area contributed by atoms with Crippen molar-refractivity contribution >= 4 is 11.9 Å². The number of carbonyl (C=O) groups excluding carboxylic acids is 2. The van der Waals surface area contributed by atoms with Gasteiger partial charge in [-0.3, -0.25) is 9.59 Å². The van der Waals surface area contributed by atoms with Crippen molar-refractivity contribution in [3.05, 3.63) is 107 Å². The molecule has 0 aliphatic carbocycles. The van der Waals surface area contributed by atoms with Gasteiger partial charge in [-0.05, 0) is 63.6 Å². The van der Waals surface area contributed by atoms with E-state index in [2.05, 4.69) is 24.3 Å². The third-order valence-electron chi connectivity index (χ3n) is 6.63. The molecule has 182 valence electrons. The molecule has 0 spiro atoms. The van der Waals surface area contributed by atoms with Gasteiger partial charge in [0.15, 0.2) is 5.41 Å². The highest BCUT2D eigenvalue weighted by atomic mass is 16.6. The molecular formula is C31H35NO3. The van der Waals surface area contributed by atoms with Crippen molar-refractivity contribution in [1.82, 2.24) is 4.90 Å². The molecule has 0 N–H and O–H groups in total. The van der Waals surface area contributed by atoms with Crippen LogP contribution in [0.1, 0.15) is 61.9 Å². The molecule has 1 heterocycles. The predicted octanol–water partition coefficient (Wildman–Crippen LogP) is 6.28. The van der Waals surface area contributed by atoms with Gasteiger partial charge < -0.3 is 9.64 Å². The summed E-state index contributed by atoms with van der Waals surface area (Å²) < 4.78 is 5.90. The normalized spacial score (nSPS) is 18.5. The third kappa shape index (κ3) is 5.48. The number of hydrogen-bond donors (Lipinski definition) is 0. The third-order valence-corrected chi connectivity index (χ3v) is 6.63.